The zero-order chi connectivity index (χ0) is 19.1. The normalized spacial score (nSPS) is 11.2. The molecule has 2 aromatic carbocycles. The fourth-order valence-corrected chi connectivity index (χ4v) is 4.15. The topological polar surface area (TPSA) is 44.0 Å². The molecule has 0 saturated heterocycles. The number of hydrogen-bond donors (Lipinski definition) is 0. The van der Waals surface area contributed by atoms with Crippen LogP contribution in [0, 0.1) is 13.8 Å². The van der Waals surface area contributed by atoms with Gasteiger partial charge in [-0.15, -0.1) is 11.3 Å². The maximum atomic E-state index is 13.3. The van der Waals surface area contributed by atoms with Crippen molar-refractivity contribution in [1.29, 1.82) is 0 Å². The van der Waals surface area contributed by atoms with Crippen LogP contribution in [-0.4, -0.2) is 9.13 Å². The number of halogens is 1. The molecule has 0 amide bonds. The van der Waals surface area contributed by atoms with Crippen LogP contribution in [0.5, 0.6) is 0 Å². The minimum atomic E-state index is -0.353. The van der Waals surface area contributed by atoms with Gasteiger partial charge in [0.25, 0.3) is 5.56 Å². The molecule has 4 rings (SSSR count). The highest BCUT2D eigenvalue weighted by Gasteiger charge is 2.16. The molecule has 0 aliphatic heterocycles. The molecule has 27 heavy (non-hydrogen) atoms. The van der Waals surface area contributed by atoms with Crippen molar-refractivity contribution in [2.75, 3.05) is 0 Å². The monoisotopic (exact) mass is 396 g/mol. The Bertz CT molecular complexity index is 1270. The van der Waals surface area contributed by atoms with Crippen molar-refractivity contribution >= 4 is 33.2 Å². The average Bonchev–Trinajstić information content (AvgIpc) is 3.13. The highest BCUT2D eigenvalue weighted by molar-refractivity contribution is 7.17. The van der Waals surface area contributed by atoms with Crippen molar-refractivity contribution < 1.29 is 0 Å². The van der Waals surface area contributed by atoms with Gasteiger partial charge < -0.3 is 0 Å². The molecule has 0 N–H and O–H groups in total. The fraction of sp³-hybridized carbons (Fsp3) is 0.143. The lowest BCUT2D eigenvalue weighted by Crippen LogP contribution is -2.38. The van der Waals surface area contributed by atoms with E-state index in [1.54, 1.807) is 28.8 Å². The van der Waals surface area contributed by atoms with Crippen LogP contribution >= 0.6 is 22.9 Å². The van der Waals surface area contributed by atoms with Gasteiger partial charge in [0.05, 0.1) is 17.7 Å². The Labute approximate surface area is 164 Å². The van der Waals surface area contributed by atoms with Gasteiger partial charge >= 0.3 is 5.69 Å². The third-order valence-corrected chi connectivity index (χ3v) is 5.82. The first-order valence-corrected chi connectivity index (χ1v) is 9.76. The molecule has 4 nitrogen and oxygen atoms in total. The first-order valence-electron chi connectivity index (χ1n) is 8.51. The van der Waals surface area contributed by atoms with Gasteiger partial charge in [0, 0.05) is 5.02 Å². The second-order valence-corrected chi connectivity index (χ2v) is 7.90. The molecule has 0 fully saturated rings. The molecule has 2 heterocycles. The van der Waals surface area contributed by atoms with Crippen molar-refractivity contribution in [2.24, 2.45) is 0 Å². The molecule has 0 spiro atoms. The first kappa shape index (κ1) is 17.8. The molecular weight excluding hydrogens is 380 g/mol. The second-order valence-electron chi connectivity index (χ2n) is 6.55. The van der Waals surface area contributed by atoms with Gasteiger partial charge in [0.1, 0.15) is 4.70 Å². The number of benzene rings is 2. The number of rotatable bonds is 3. The van der Waals surface area contributed by atoms with E-state index in [0.717, 1.165) is 16.7 Å². The lowest BCUT2D eigenvalue weighted by molar-refractivity contribution is 0.713. The number of thiophene rings is 1. The third kappa shape index (κ3) is 3.13. The van der Waals surface area contributed by atoms with Crippen LogP contribution in [0.4, 0.5) is 0 Å². The molecule has 0 radical (unpaired) electrons. The van der Waals surface area contributed by atoms with E-state index in [4.69, 9.17) is 11.6 Å². The zero-order valence-corrected chi connectivity index (χ0v) is 16.5. The molecule has 0 saturated carbocycles. The van der Waals surface area contributed by atoms with Crippen LogP contribution in [0.15, 0.2) is 63.5 Å². The summed E-state index contributed by atoms with van der Waals surface area (Å²) in [4.78, 5) is 26.2. The minimum absolute atomic E-state index is 0.301. The van der Waals surface area contributed by atoms with E-state index in [2.05, 4.69) is 18.2 Å². The molecule has 0 aliphatic rings. The average molecular weight is 397 g/mol. The summed E-state index contributed by atoms with van der Waals surface area (Å²) in [6.45, 7) is 4.47. The molecule has 2 aromatic heterocycles. The predicted molar refractivity (Wildman–Crippen MR) is 112 cm³/mol. The number of aromatic nitrogens is 2. The molecule has 6 heteroatoms. The Balaban J connectivity index is 1.99. The van der Waals surface area contributed by atoms with Crippen LogP contribution in [0.1, 0.15) is 16.7 Å². The Kier molecular flexibility index (Phi) is 4.50. The lowest BCUT2D eigenvalue weighted by atomic mass is 10.1. The number of nitrogens with zero attached hydrogens (tertiary/aromatic N) is 2. The largest absolute Gasteiger partial charge is 0.336 e. The summed E-state index contributed by atoms with van der Waals surface area (Å²) in [6.07, 6.45) is 0. The fourth-order valence-electron chi connectivity index (χ4n) is 3.20. The molecular formula is C21H17ClN2O2S. The van der Waals surface area contributed by atoms with Crippen LogP contribution in [-0.2, 0) is 6.54 Å². The molecule has 4 aromatic rings. The summed E-state index contributed by atoms with van der Waals surface area (Å²) in [5.74, 6) is 0. The highest BCUT2D eigenvalue weighted by Crippen LogP contribution is 2.19. The van der Waals surface area contributed by atoms with E-state index in [9.17, 15) is 9.59 Å². The smallest absolute Gasteiger partial charge is 0.288 e. The van der Waals surface area contributed by atoms with Gasteiger partial charge in [-0.05, 0) is 60.7 Å². The minimum Gasteiger partial charge on any atom is -0.288 e. The Morgan fingerprint density at radius 3 is 2.48 bits per heavy atom. The summed E-state index contributed by atoms with van der Waals surface area (Å²) in [7, 11) is 0. The molecule has 0 unspecified atom stereocenters. The van der Waals surface area contributed by atoms with Crippen LogP contribution in [0.25, 0.3) is 15.9 Å². The molecule has 136 valence electrons. The van der Waals surface area contributed by atoms with Crippen molar-refractivity contribution in [3.05, 3.63) is 96.5 Å². The van der Waals surface area contributed by atoms with Crippen LogP contribution in [0.3, 0.4) is 0 Å². The van der Waals surface area contributed by atoms with Crippen LogP contribution in [0.2, 0.25) is 5.02 Å². The maximum absolute atomic E-state index is 13.3. The van der Waals surface area contributed by atoms with Gasteiger partial charge in [-0.3, -0.25) is 9.36 Å². The number of fused-ring (bicyclic) bond motifs is 1. The summed E-state index contributed by atoms with van der Waals surface area (Å²) in [6, 6.07) is 14.7. The second kappa shape index (κ2) is 6.83. The summed E-state index contributed by atoms with van der Waals surface area (Å²) in [5, 5.41) is 2.40. The third-order valence-electron chi connectivity index (χ3n) is 4.67. The van der Waals surface area contributed by atoms with Crippen LogP contribution < -0.4 is 11.2 Å². The summed E-state index contributed by atoms with van der Waals surface area (Å²) < 4.78 is 3.46. The number of aryl methyl sites for hydroxylation is 2. The van der Waals surface area contributed by atoms with E-state index in [0.29, 0.717) is 27.5 Å². The molecule has 0 bridgehead atoms. The molecule has 0 aliphatic carbocycles. The number of hydrogen-bond acceptors (Lipinski definition) is 3. The van der Waals surface area contributed by atoms with Crippen molar-refractivity contribution in [3.8, 4) is 5.69 Å². The van der Waals surface area contributed by atoms with Crippen molar-refractivity contribution in [3.63, 3.8) is 0 Å². The standard InChI is InChI=1S/C21H17ClN2O2S/c1-13-3-4-14(2)15(11-13)12-23-18-9-10-27-19(18)20(25)24(21(23)26)17-7-5-16(22)6-8-17/h3-11H,12H2,1-2H3. The Morgan fingerprint density at radius 1 is 1.00 bits per heavy atom. The SMILES string of the molecule is Cc1ccc(C)c(Cn2c(=O)n(-c3ccc(Cl)cc3)c(=O)c3sccc32)c1. The molecule has 0 atom stereocenters. The van der Waals surface area contributed by atoms with E-state index >= 15 is 0 Å². The Hall–Kier alpha value is -2.63. The van der Waals surface area contributed by atoms with Crippen molar-refractivity contribution in [1.82, 2.24) is 9.13 Å². The Morgan fingerprint density at radius 2 is 1.74 bits per heavy atom. The van der Waals surface area contributed by atoms with Gasteiger partial charge in [-0.1, -0.05) is 35.4 Å². The lowest BCUT2D eigenvalue weighted by Gasteiger charge is -2.14. The van der Waals surface area contributed by atoms with E-state index in [1.165, 1.54) is 15.9 Å². The first-order chi connectivity index (χ1) is 13.0. The van der Waals surface area contributed by atoms with Gasteiger partial charge in [0.2, 0.25) is 0 Å². The van der Waals surface area contributed by atoms with Gasteiger partial charge in [0.15, 0.2) is 0 Å². The van der Waals surface area contributed by atoms with Crippen molar-refractivity contribution in [2.45, 2.75) is 20.4 Å². The van der Waals surface area contributed by atoms with E-state index in [1.807, 2.05) is 25.3 Å². The van der Waals surface area contributed by atoms with Gasteiger partial charge in [-0.2, -0.15) is 0 Å². The predicted octanol–water partition coefficient (Wildman–Crippen LogP) is 4.53. The summed E-state index contributed by atoms with van der Waals surface area (Å²) >= 11 is 7.31. The van der Waals surface area contributed by atoms with E-state index < -0.39 is 0 Å². The summed E-state index contributed by atoms with van der Waals surface area (Å²) in [5.41, 5.74) is 3.83. The van der Waals surface area contributed by atoms with Gasteiger partial charge in [-0.25, -0.2) is 9.36 Å². The van der Waals surface area contributed by atoms with E-state index in [-0.39, 0.29) is 11.2 Å². The quantitative estimate of drug-likeness (QED) is 0.510. The zero-order valence-electron chi connectivity index (χ0n) is 14.9. The maximum Gasteiger partial charge on any atom is 0.336 e. The highest BCUT2D eigenvalue weighted by atomic mass is 35.5.